The number of aromatic hydroxyl groups is 1. The number of nitro benzene ring substituents is 1. The Hall–Kier alpha value is -1.76. The van der Waals surface area contributed by atoms with Gasteiger partial charge in [0.1, 0.15) is 0 Å². The van der Waals surface area contributed by atoms with Crippen LogP contribution in [-0.4, -0.2) is 34.5 Å². The number of nitro groups is 1. The SMILES string of the molecule is CSCCCCCNC(=O)c1cccc([N+](=O)[O-])c1O. The fourth-order valence-corrected chi connectivity index (χ4v) is 2.20. The number of thioether (sulfide) groups is 1. The molecular formula is C13H18N2O4S. The highest BCUT2D eigenvalue weighted by molar-refractivity contribution is 7.98. The van der Waals surface area contributed by atoms with Crippen LogP contribution in [0.3, 0.4) is 0 Å². The first kappa shape index (κ1) is 16.3. The van der Waals surface area contributed by atoms with Gasteiger partial charge in [-0.2, -0.15) is 11.8 Å². The number of nitrogens with zero attached hydrogens (tertiary/aromatic N) is 1. The third kappa shape index (κ3) is 4.73. The van der Waals surface area contributed by atoms with Gasteiger partial charge in [0.05, 0.1) is 10.5 Å². The van der Waals surface area contributed by atoms with Gasteiger partial charge in [-0.3, -0.25) is 14.9 Å². The summed E-state index contributed by atoms with van der Waals surface area (Å²) in [6.45, 7) is 0.495. The largest absolute Gasteiger partial charge is 0.502 e. The van der Waals surface area contributed by atoms with Crippen LogP contribution in [0.15, 0.2) is 18.2 Å². The lowest BCUT2D eigenvalue weighted by Crippen LogP contribution is -2.24. The van der Waals surface area contributed by atoms with Crippen molar-refractivity contribution in [2.45, 2.75) is 19.3 Å². The van der Waals surface area contributed by atoms with Gasteiger partial charge < -0.3 is 10.4 Å². The average molecular weight is 298 g/mol. The third-order valence-electron chi connectivity index (χ3n) is 2.77. The lowest BCUT2D eigenvalue weighted by molar-refractivity contribution is -0.385. The summed E-state index contributed by atoms with van der Waals surface area (Å²) in [4.78, 5) is 21.8. The molecule has 0 saturated heterocycles. The van der Waals surface area contributed by atoms with Crippen molar-refractivity contribution in [1.82, 2.24) is 5.32 Å². The second-order valence-electron chi connectivity index (χ2n) is 4.24. The number of amides is 1. The van der Waals surface area contributed by atoms with Crippen molar-refractivity contribution in [2.75, 3.05) is 18.6 Å². The number of phenolic OH excluding ortho intramolecular Hbond substituents is 1. The first-order valence-electron chi connectivity index (χ1n) is 6.31. The van der Waals surface area contributed by atoms with Gasteiger partial charge in [0.25, 0.3) is 5.91 Å². The Kier molecular flexibility index (Phi) is 6.86. The van der Waals surface area contributed by atoms with E-state index in [1.165, 1.54) is 12.1 Å². The van der Waals surface area contributed by atoms with Gasteiger partial charge in [-0.25, -0.2) is 0 Å². The summed E-state index contributed by atoms with van der Waals surface area (Å²) in [6.07, 6.45) is 5.01. The van der Waals surface area contributed by atoms with Crippen molar-refractivity contribution in [2.24, 2.45) is 0 Å². The van der Waals surface area contributed by atoms with Crippen LogP contribution in [0.2, 0.25) is 0 Å². The maximum Gasteiger partial charge on any atom is 0.311 e. The minimum absolute atomic E-state index is 0.0664. The van der Waals surface area contributed by atoms with E-state index in [-0.39, 0.29) is 5.56 Å². The predicted octanol–water partition coefficient (Wildman–Crippen LogP) is 2.56. The van der Waals surface area contributed by atoms with Crippen molar-refractivity contribution in [3.05, 3.63) is 33.9 Å². The molecule has 1 rings (SSSR count). The molecule has 6 nitrogen and oxygen atoms in total. The smallest absolute Gasteiger partial charge is 0.311 e. The minimum Gasteiger partial charge on any atom is -0.502 e. The van der Waals surface area contributed by atoms with E-state index >= 15 is 0 Å². The van der Waals surface area contributed by atoms with E-state index in [0.717, 1.165) is 31.1 Å². The van der Waals surface area contributed by atoms with Crippen LogP contribution in [0.1, 0.15) is 29.6 Å². The number of benzene rings is 1. The van der Waals surface area contributed by atoms with Gasteiger partial charge >= 0.3 is 5.69 Å². The van der Waals surface area contributed by atoms with Gasteiger partial charge in [-0.15, -0.1) is 0 Å². The second kappa shape index (κ2) is 8.42. The fourth-order valence-electron chi connectivity index (χ4n) is 1.71. The Bertz CT molecular complexity index is 479. The zero-order valence-corrected chi connectivity index (χ0v) is 12.1. The van der Waals surface area contributed by atoms with Crippen molar-refractivity contribution in [3.63, 3.8) is 0 Å². The first-order valence-corrected chi connectivity index (χ1v) is 7.70. The molecular weight excluding hydrogens is 280 g/mol. The molecule has 0 heterocycles. The van der Waals surface area contributed by atoms with Crippen molar-refractivity contribution < 1.29 is 14.8 Å². The number of unbranched alkanes of at least 4 members (excludes halogenated alkanes) is 2. The topological polar surface area (TPSA) is 92.5 Å². The second-order valence-corrected chi connectivity index (χ2v) is 5.23. The van der Waals surface area contributed by atoms with Gasteiger partial charge in [-0.1, -0.05) is 12.5 Å². The number of nitrogens with one attached hydrogen (secondary N) is 1. The molecule has 0 fully saturated rings. The fraction of sp³-hybridized carbons (Fsp3) is 0.462. The van der Waals surface area contributed by atoms with Gasteiger partial charge in [0.15, 0.2) is 0 Å². The number of para-hydroxylation sites is 1. The lowest BCUT2D eigenvalue weighted by atomic mass is 10.1. The van der Waals surface area contributed by atoms with E-state index in [9.17, 15) is 20.0 Å². The molecule has 0 aliphatic heterocycles. The first-order chi connectivity index (χ1) is 9.57. The highest BCUT2D eigenvalue weighted by Crippen LogP contribution is 2.28. The summed E-state index contributed by atoms with van der Waals surface area (Å²) in [5.74, 6) is 0.0213. The maximum absolute atomic E-state index is 11.8. The van der Waals surface area contributed by atoms with E-state index in [2.05, 4.69) is 5.32 Å². The van der Waals surface area contributed by atoms with E-state index in [0.29, 0.717) is 6.54 Å². The van der Waals surface area contributed by atoms with Crippen LogP contribution >= 0.6 is 11.8 Å². The Morgan fingerprint density at radius 3 is 2.80 bits per heavy atom. The molecule has 110 valence electrons. The normalized spacial score (nSPS) is 10.2. The summed E-state index contributed by atoms with van der Waals surface area (Å²) >= 11 is 1.78. The number of carbonyl (C=O) groups is 1. The number of hydrogen-bond acceptors (Lipinski definition) is 5. The standard InChI is InChI=1S/C13H18N2O4S/c1-20-9-4-2-3-8-14-13(17)10-6-5-7-11(12(10)16)15(18)19/h5-7,16H,2-4,8-9H2,1H3,(H,14,17). The molecule has 0 bridgehead atoms. The maximum atomic E-state index is 11.8. The average Bonchev–Trinajstić information content (AvgIpc) is 2.42. The predicted molar refractivity (Wildman–Crippen MR) is 79.3 cm³/mol. The number of hydrogen-bond donors (Lipinski definition) is 2. The molecule has 0 aliphatic rings. The minimum atomic E-state index is -0.714. The molecule has 7 heteroatoms. The molecule has 0 radical (unpaired) electrons. The van der Waals surface area contributed by atoms with Crippen LogP contribution < -0.4 is 5.32 Å². The molecule has 1 amide bonds. The summed E-state index contributed by atoms with van der Waals surface area (Å²) in [5.41, 5.74) is -0.527. The molecule has 0 spiro atoms. The zero-order valence-electron chi connectivity index (χ0n) is 11.3. The Balaban J connectivity index is 2.52. The van der Waals surface area contributed by atoms with E-state index in [1.807, 2.05) is 6.26 Å². The van der Waals surface area contributed by atoms with Crippen LogP contribution in [-0.2, 0) is 0 Å². The van der Waals surface area contributed by atoms with Crippen LogP contribution in [0.25, 0.3) is 0 Å². The highest BCUT2D eigenvalue weighted by atomic mass is 32.2. The summed E-state index contributed by atoms with van der Waals surface area (Å²) in [6, 6.07) is 3.91. The molecule has 2 N–H and O–H groups in total. The Labute approximate surface area is 121 Å². The molecule has 1 aromatic rings. The Morgan fingerprint density at radius 1 is 1.40 bits per heavy atom. The molecule has 1 aromatic carbocycles. The number of carbonyl (C=O) groups excluding carboxylic acids is 1. The van der Waals surface area contributed by atoms with Gasteiger partial charge in [-0.05, 0) is 30.9 Å². The van der Waals surface area contributed by atoms with Crippen molar-refractivity contribution in [1.29, 1.82) is 0 Å². The quantitative estimate of drug-likeness (QED) is 0.437. The molecule has 20 heavy (non-hydrogen) atoms. The van der Waals surface area contributed by atoms with Crippen LogP contribution in [0, 0.1) is 10.1 Å². The van der Waals surface area contributed by atoms with E-state index in [1.54, 1.807) is 11.8 Å². The molecule has 0 atom stereocenters. The van der Waals surface area contributed by atoms with Gasteiger partial charge in [0, 0.05) is 12.6 Å². The van der Waals surface area contributed by atoms with E-state index < -0.39 is 22.3 Å². The number of rotatable bonds is 8. The zero-order chi connectivity index (χ0) is 15.0. The van der Waals surface area contributed by atoms with Crippen molar-refractivity contribution >= 4 is 23.4 Å². The Morgan fingerprint density at radius 2 is 2.15 bits per heavy atom. The summed E-state index contributed by atoms with van der Waals surface area (Å²) in [7, 11) is 0. The molecule has 0 saturated carbocycles. The van der Waals surface area contributed by atoms with Gasteiger partial charge in [0.2, 0.25) is 5.75 Å². The summed E-state index contributed by atoms with van der Waals surface area (Å²) < 4.78 is 0. The molecule has 0 aliphatic carbocycles. The number of phenols is 1. The van der Waals surface area contributed by atoms with Crippen LogP contribution in [0.4, 0.5) is 5.69 Å². The monoisotopic (exact) mass is 298 g/mol. The third-order valence-corrected chi connectivity index (χ3v) is 3.46. The highest BCUT2D eigenvalue weighted by Gasteiger charge is 2.20. The summed E-state index contributed by atoms with van der Waals surface area (Å²) in [5, 5.41) is 23.0. The van der Waals surface area contributed by atoms with E-state index in [4.69, 9.17) is 0 Å². The van der Waals surface area contributed by atoms with Crippen LogP contribution in [0.5, 0.6) is 5.75 Å². The van der Waals surface area contributed by atoms with Crippen molar-refractivity contribution in [3.8, 4) is 5.75 Å². The lowest BCUT2D eigenvalue weighted by Gasteiger charge is -2.06. The molecule has 0 aromatic heterocycles. The molecule has 0 unspecified atom stereocenters.